The van der Waals surface area contributed by atoms with Crippen LogP contribution in [0.2, 0.25) is 0 Å². The van der Waals surface area contributed by atoms with Crippen molar-refractivity contribution < 1.29 is 31.7 Å². The number of urea groups is 1. The number of piperidine rings is 1. The second kappa shape index (κ2) is 8.58. The first-order valence-corrected chi connectivity index (χ1v) is 9.06. The average Bonchev–Trinajstić information content (AvgIpc) is 3.11. The number of nitrogens with one attached hydrogen (secondary N) is 2. The summed E-state index contributed by atoms with van der Waals surface area (Å²) < 4.78 is 33.5. The monoisotopic (exact) mass is 366 g/mol. The number of carbonyl (C=O) groups is 2. The number of carbonyl (C=O) groups excluding carboxylic acids is 2. The van der Waals surface area contributed by atoms with Gasteiger partial charge in [-0.25, -0.2) is 10.3 Å². The van der Waals surface area contributed by atoms with Crippen LogP contribution < -0.4 is 10.8 Å². The lowest BCUT2D eigenvalue weighted by Gasteiger charge is -2.20. The van der Waals surface area contributed by atoms with E-state index in [1.54, 1.807) is 0 Å². The molecule has 11 nitrogen and oxygen atoms in total. The van der Waals surface area contributed by atoms with Gasteiger partial charge in [0.05, 0.1) is 12.6 Å². The van der Waals surface area contributed by atoms with Crippen molar-refractivity contribution in [3.63, 3.8) is 0 Å². The first-order valence-electron chi connectivity index (χ1n) is 7.70. The van der Waals surface area contributed by atoms with Crippen molar-refractivity contribution in [3.05, 3.63) is 0 Å². The molecule has 3 heterocycles. The summed E-state index contributed by atoms with van der Waals surface area (Å²) in [5.41, 5.74) is 2.15. The van der Waals surface area contributed by atoms with Crippen molar-refractivity contribution in [2.75, 3.05) is 26.2 Å². The fourth-order valence-electron chi connectivity index (χ4n) is 2.89. The highest BCUT2D eigenvalue weighted by Crippen LogP contribution is 2.26. The minimum atomic E-state index is -4.60. The van der Waals surface area contributed by atoms with E-state index in [0.29, 0.717) is 38.6 Å². The molecule has 3 aliphatic rings. The fourth-order valence-corrected chi connectivity index (χ4v) is 3.28. The van der Waals surface area contributed by atoms with Gasteiger partial charge in [-0.1, -0.05) is 0 Å². The molecule has 0 aromatic heterocycles. The second-order valence-electron chi connectivity index (χ2n) is 5.69. The summed E-state index contributed by atoms with van der Waals surface area (Å²) in [5, 5.41) is 3.97. The summed E-state index contributed by atoms with van der Waals surface area (Å²) in [5.74, 6) is 0. The minimum Gasteiger partial charge on any atom is -0.321 e. The SMILES string of the molecule is O=C1N2CCC[C@H](C2)N1OS(=O)(=O)O.O=CNOC[C@@H]1CCCN1. The van der Waals surface area contributed by atoms with Gasteiger partial charge in [0, 0.05) is 19.1 Å². The Hall–Kier alpha value is -1.47. The fraction of sp³-hybridized carbons (Fsp3) is 0.833. The summed E-state index contributed by atoms with van der Waals surface area (Å²) in [6.45, 7) is 2.71. The van der Waals surface area contributed by atoms with E-state index in [-0.39, 0.29) is 6.04 Å². The molecule has 0 radical (unpaired) electrons. The second-order valence-corrected chi connectivity index (χ2v) is 6.70. The molecule has 0 unspecified atom stereocenters. The molecular weight excluding hydrogens is 344 g/mol. The molecule has 3 aliphatic heterocycles. The summed E-state index contributed by atoms with van der Waals surface area (Å²) in [6, 6.07) is -0.337. The van der Waals surface area contributed by atoms with Crippen LogP contribution in [0.5, 0.6) is 0 Å². The third kappa shape index (κ3) is 5.56. The lowest BCUT2D eigenvalue weighted by atomic mass is 10.1. The molecule has 0 saturated carbocycles. The van der Waals surface area contributed by atoms with Gasteiger partial charge in [0.25, 0.3) is 0 Å². The molecule has 0 spiro atoms. The third-order valence-corrected chi connectivity index (χ3v) is 4.29. The van der Waals surface area contributed by atoms with Crippen LogP contribution in [0.25, 0.3) is 0 Å². The lowest BCUT2D eigenvalue weighted by molar-refractivity contribution is -0.121. The maximum Gasteiger partial charge on any atom is 0.418 e. The zero-order valence-corrected chi connectivity index (χ0v) is 13.9. The molecule has 3 fully saturated rings. The predicted octanol–water partition coefficient (Wildman–Crippen LogP) is -0.963. The van der Waals surface area contributed by atoms with Gasteiger partial charge in [-0.3, -0.25) is 14.2 Å². The van der Waals surface area contributed by atoms with Gasteiger partial charge in [-0.2, -0.15) is 13.5 Å². The molecule has 0 aromatic rings. The lowest BCUT2D eigenvalue weighted by Crippen LogP contribution is -2.35. The smallest absolute Gasteiger partial charge is 0.321 e. The Kier molecular flexibility index (Phi) is 6.74. The number of amides is 3. The van der Waals surface area contributed by atoms with Gasteiger partial charge in [0.1, 0.15) is 0 Å². The first kappa shape index (κ1) is 18.9. The normalized spacial score (nSPS) is 26.1. The van der Waals surface area contributed by atoms with E-state index in [1.807, 2.05) is 0 Å². The molecule has 3 N–H and O–H groups in total. The molecular formula is C12H22N4O7S. The maximum atomic E-state index is 11.4. The Morgan fingerprint density at radius 2 is 2.17 bits per heavy atom. The summed E-state index contributed by atoms with van der Waals surface area (Å²) in [4.78, 5) is 27.4. The van der Waals surface area contributed by atoms with E-state index < -0.39 is 16.4 Å². The van der Waals surface area contributed by atoms with Crippen molar-refractivity contribution in [2.24, 2.45) is 0 Å². The molecule has 3 rings (SSSR count). The largest absolute Gasteiger partial charge is 0.418 e. The predicted molar refractivity (Wildman–Crippen MR) is 80.6 cm³/mol. The van der Waals surface area contributed by atoms with Crippen molar-refractivity contribution in [1.29, 1.82) is 0 Å². The Morgan fingerprint density at radius 3 is 2.75 bits per heavy atom. The van der Waals surface area contributed by atoms with Crippen molar-refractivity contribution in [1.82, 2.24) is 20.8 Å². The van der Waals surface area contributed by atoms with Crippen LogP contribution >= 0.6 is 0 Å². The molecule has 3 saturated heterocycles. The zero-order chi connectivity index (χ0) is 17.6. The number of hydroxylamine groups is 3. The van der Waals surface area contributed by atoms with E-state index in [2.05, 4.69) is 15.1 Å². The Bertz CT molecular complexity index is 538. The van der Waals surface area contributed by atoms with E-state index in [4.69, 9.17) is 9.39 Å². The number of hydrogen-bond donors (Lipinski definition) is 3. The minimum absolute atomic E-state index is 0.266. The highest BCUT2D eigenvalue weighted by Gasteiger charge is 2.42. The van der Waals surface area contributed by atoms with E-state index >= 15 is 0 Å². The summed E-state index contributed by atoms with van der Waals surface area (Å²) in [6.07, 6.45) is 4.39. The van der Waals surface area contributed by atoms with Crippen LogP contribution in [0.4, 0.5) is 4.79 Å². The van der Waals surface area contributed by atoms with E-state index in [9.17, 15) is 18.0 Å². The molecule has 12 heteroatoms. The molecule has 3 amide bonds. The number of nitrogens with zero attached hydrogens (tertiary/aromatic N) is 2. The van der Waals surface area contributed by atoms with Crippen molar-refractivity contribution in [2.45, 2.75) is 37.8 Å². The Labute approximate surface area is 140 Å². The van der Waals surface area contributed by atoms with Crippen LogP contribution in [0.1, 0.15) is 25.7 Å². The van der Waals surface area contributed by atoms with Crippen LogP contribution in [0, 0.1) is 0 Å². The molecule has 0 aliphatic carbocycles. The van der Waals surface area contributed by atoms with Gasteiger partial charge in [-0.15, -0.1) is 4.28 Å². The topological polar surface area (TPSA) is 138 Å². The highest BCUT2D eigenvalue weighted by molar-refractivity contribution is 7.80. The summed E-state index contributed by atoms with van der Waals surface area (Å²) >= 11 is 0. The zero-order valence-electron chi connectivity index (χ0n) is 13.1. The van der Waals surface area contributed by atoms with E-state index in [1.165, 1.54) is 11.3 Å². The number of fused-ring (bicyclic) bond motifs is 2. The van der Waals surface area contributed by atoms with Gasteiger partial charge >= 0.3 is 16.4 Å². The van der Waals surface area contributed by atoms with Gasteiger partial charge < -0.3 is 10.2 Å². The van der Waals surface area contributed by atoms with Crippen LogP contribution in [0.3, 0.4) is 0 Å². The number of hydrogen-bond acceptors (Lipinski definition) is 7. The quantitative estimate of drug-likeness (QED) is 0.236. The van der Waals surface area contributed by atoms with Crippen molar-refractivity contribution in [3.8, 4) is 0 Å². The van der Waals surface area contributed by atoms with Crippen LogP contribution in [0.15, 0.2) is 0 Å². The van der Waals surface area contributed by atoms with Gasteiger partial charge in [-0.05, 0) is 32.2 Å². The average molecular weight is 366 g/mol. The van der Waals surface area contributed by atoms with Crippen LogP contribution in [-0.4, -0.2) is 73.7 Å². The third-order valence-electron chi connectivity index (χ3n) is 3.94. The molecule has 138 valence electrons. The standard InChI is InChI=1S/C6H10N2O5S.C6H12N2O2/c9-6-7-3-1-2-5(4-7)8(6)13-14(10,11)12;9-5-8-10-4-6-2-1-3-7-6/h5H,1-4H2,(H,10,11,12);5-7H,1-4H2,(H,8,9)/t5-;6-/m10/s1. The molecule has 0 aromatic carbocycles. The van der Waals surface area contributed by atoms with Crippen molar-refractivity contribution >= 4 is 22.8 Å². The Morgan fingerprint density at radius 1 is 1.38 bits per heavy atom. The van der Waals surface area contributed by atoms with Gasteiger partial charge in [0.15, 0.2) is 0 Å². The van der Waals surface area contributed by atoms with E-state index in [0.717, 1.165) is 24.4 Å². The Balaban J connectivity index is 0.000000185. The molecule has 2 atom stereocenters. The molecule has 2 bridgehead atoms. The number of rotatable bonds is 6. The van der Waals surface area contributed by atoms with Crippen LogP contribution in [-0.2, 0) is 24.3 Å². The molecule has 24 heavy (non-hydrogen) atoms. The maximum absolute atomic E-state index is 11.4. The van der Waals surface area contributed by atoms with Gasteiger partial charge in [0.2, 0.25) is 6.41 Å². The summed E-state index contributed by atoms with van der Waals surface area (Å²) in [7, 11) is -4.60. The highest BCUT2D eigenvalue weighted by atomic mass is 32.3. The first-order chi connectivity index (χ1) is 11.4.